The zero-order valence-electron chi connectivity index (χ0n) is 12.1. The molecule has 0 atom stereocenters. The van der Waals surface area contributed by atoms with E-state index in [1.54, 1.807) is 19.2 Å². The molecule has 5 heteroatoms. The third-order valence-corrected chi connectivity index (χ3v) is 3.83. The number of aromatic nitrogens is 1. The molecule has 4 nitrogen and oxygen atoms in total. The van der Waals surface area contributed by atoms with Crippen LogP contribution in [0.3, 0.4) is 0 Å². The third kappa shape index (κ3) is 2.82. The number of H-pyrrole nitrogens is 1. The largest absolute Gasteiger partial charge is 0.487 e. The van der Waals surface area contributed by atoms with E-state index in [9.17, 15) is 4.79 Å². The van der Waals surface area contributed by atoms with Gasteiger partial charge in [-0.1, -0.05) is 5.98 Å². The molecule has 2 rings (SSSR count). The Morgan fingerprint density at radius 1 is 1.21 bits per heavy atom. The number of pyridine rings is 1. The molecule has 19 heavy (non-hydrogen) atoms. The molecule has 0 aromatic carbocycles. The van der Waals surface area contributed by atoms with Crippen molar-refractivity contribution in [2.45, 2.75) is 45.8 Å². The average Bonchev–Trinajstić information content (AvgIpc) is 2.49. The highest BCUT2D eigenvalue weighted by Gasteiger charge is 2.49. The van der Waals surface area contributed by atoms with Gasteiger partial charge in [0.15, 0.2) is 5.43 Å². The van der Waals surface area contributed by atoms with Crippen molar-refractivity contribution in [2.75, 3.05) is 0 Å². The van der Waals surface area contributed by atoms with Crippen molar-refractivity contribution in [2.24, 2.45) is 0 Å². The lowest BCUT2D eigenvalue weighted by atomic mass is 9.89. The number of rotatable bonds is 2. The van der Waals surface area contributed by atoms with Gasteiger partial charge in [0.2, 0.25) is 0 Å². The molecule has 1 aliphatic rings. The second kappa shape index (κ2) is 4.65. The van der Waals surface area contributed by atoms with E-state index in [0.717, 1.165) is 5.69 Å². The van der Waals surface area contributed by atoms with Gasteiger partial charge < -0.3 is 14.3 Å². The summed E-state index contributed by atoms with van der Waals surface area (Å²) < 4.78 is 11.7. The van der Waals surface area contributed by atoms with E-state index < -0.39 is 7.12 Å². The maximum atomic E-state index is 11.5. The molecule has 1 aromatic heterocycles. The van der Waals surface area contributed by atoms with Crippen LogP contribution in [0.15, 0.2) is 23.0 Å². The maximum absolute atomic E-state index is 11.5. The van der Waals surface area contributed by atoms with Crippen molar-refractivity contribution < 1.29 is 9.31 Å². The van der Waals surface area contributed by atoms with E-state index in [0.29, 0.717) is 5.56 Å². The van der Waals surface area contributed by atoms with Crippen LogP contribution in [0, 0.1) is 6.92 Å². The number of hydrogen-bond donors (Lipinski definition) is 1. The maximum Gasteiger partial charge on any atom is 0.487 e. The topological polar surface area (TPSA) is 51.3 Å². The fourth-order valence-electron chi connectivity index (χ4n) is 1.81. The van der Waals surface area contributed by atoms with E-state index >= 15 is 0 Å². The Kier molecular flexibility index (Phi) is 3.45. The number of hydrogen-bond acceptors (Lipinski definition) is 3. The summed E-state index contributed by atoms with van der Waals surface area (Å²) in [6.07, 6.45) is 3.51. The first-order chi connectivity index (χ1) is 8.71. The Labute approximate surface area is 114 Å². The highest BCUT2D eigenvalue weighted by atomic mass is 16.7. The molecule has 0 radical (unpaired) electrons. The average molecular weight is 261 g/mol. The van der Waals surface area contributed by atoms with Crippen LogP contribution in [-0.4, -0.2) is 23.3 Å². The van der Waals surface area contributed by atoms with Gasteiger partial charge in [-0.2, -0.15) is 0 Å². The van der Waals surface area contributed by atoms with Gasteiger partial charge in [0.1, 0.15) is 0 Å². The predicted octanol–water partition coefficient (Wildman–Crippen LogP) is 2.33. The minimum Gasteiger partial charge on any atom is -0.400 e. The normalized spacial score (nSPS) is 21.2. The molecule has 0 spiro atoms. The van der Waals surface area contributed by atoms with E-state index in [1.807, 2.05) is 39.7 Å². The Balaban J connectivity index is 2.12. The molecular formula is C14H20BNO3. The van der Waals surface area contributed by atoms with E-state index in [4.69, 9.17) is 9.31 Å². The summed E-state index contributed by atoms with van der Waals surface area (Å²) in [5.41, 5.74) is 0.774. The molecule has 1 aromatic rings. The summed E-state index contributed by atoms with van der Waals surface area (Å²) in [5.74, 6) is 1.82. The van der Waals surface area contributed by atoms with Crippen molar-refractivity contribution in [3.8, 4) is 0 Å². The first-order valence-corrected chi connectivity index (χ1v) is 6.44. The van der Waals surface area contributed by atoms with Gasteiger partial charge in [-0.15, -0.1) is 0 Å². The lowest BCUT2D eigenvalue weighted by Gasteiger charge is -2.32. The lowest BCUT2D eigenvalue weighted by Crippen LogP contribution is -2.41. The second-order valence-corrected chi connectivity index (χ2v) is 5.92. The molecule has 1 saturated heterocycles. The minimum atomic E-state index is -0.394. The fourth-order valence-corrected chi connectivity index (χ4v) is 1.81. The van der Waals surface area contributed by atoms with Gasteiger partial charge in [0.25, 0.3) is 0 Å². The molecular weight excluding hydrogens is 241 g/mol. The Bertz CT molecular complexity index is 544. The lowest BCUT2D eigenvalue weighted by molar-refractivity contribution is 0.00578. The predicted molar refractivity (Wildman–Crippen MR) is 76.9 cm³/mol. The smallest absolute Gasteiger partial charge is 0.400 e. The zero-order chi connectivity index (χ0) is 14.3. The number of aromatic amines is 1. The number of nitrogens with one attached hydrogen (secondary N) is 1. The molecule has 0 bridgehead atoms. The molecule has 1 fully saturated rings. The quantitative estimate of drug-likeness (QED) is 0.831. The van der Waals surface area contributed by atoms with E-state index in [-0.39, 0.29) is 16.6 Å². The zero-order valence-corrected chi connectivity index (χ0v) is 12.1. The van der Waals surface area contributed by atoms with Gasteiger partial charge in [-0.05, 0) is 40.7 Å². The molecule has 0 saturated carbocycles. The summed E-state index contributed by atoms with van der Waals surface area (Å²) >= 11 is 0. The van der Waals surface area contributed by atoms with Gasteiger partial charge in [0, 0.05) is 23.5 Å². The van der Waals surface area contributed by atoms with Crippen LogP contribution in [0.2, 0.25) is 0 Å². The summed E-state index contributed by atoms with van der Waals surface area (Å²) in [4.78, 5) is 14.6. The van der Waals surface area contributed by atoms with E-state index in [1.165, 1.54) is 0 Å². The summed E-state index contributed by atoms with van der Waals surface area (Å²) in [6.45, 7) is 9.81. The van der Waals surface area contributed by atoms with Gasteiger partial charge in [-0.25, -0.2) is 0 Å². The van der Waals surface area contributed by atoms with Crippen LogP contribution >= 0.6 is 0 Å². The van der Waals surface area contributed by atoms with Gasteiger partial charge in [0.05, 0.1) is 11.2 Å². The van der Waals surface area contributed by atoms with Gasteiger partial charge in [-0.3, -0.25) is 4.79 Å². The summed E-state index contributed by atoms with van der Waals surface area (Å²) in [7, 11) is -0.394. The number of aryl methyl sites for hydroxylation is 1. The third-order valence-electron chi connectivity index (χ3n) is 3.83. The van der Waals surface area contributed by atoms with E-state index in [2.05, 4.69) is 4.98 Å². The molecule has 0 aliphatic carbocycles. The minimum absolute atomic E-state index is 0.0207. The molecule has 0 amide bonds. The molecule has 102 valence electrons. The Morgan fingerprint density at radius 2 is 1.79 bits per heavy atom. The second-order valence-electron chi connectivity index (χ2n) is 5.92. The van der Waals surface area contributed by atoms with Crippen LogP contribution in [0.1, 0.15) is 39.0 Å². The standard InChI is InChI=1S/C14H20BNO3/c1-10-9-16-11(8-12(10)17)6-7-15-18-13(2,3)14(4,5)19-15/h6-9H,1-5H3,(H,16,17)/b7-6+. The van der Waals surface area contributed by atoms with Gasteiger partial charge >= 0.3 is 7.12 Å². The van der Waals surface area contributed by atoms with Crippen LogP contribution in [0.4, 0.5) is 0 Å². The monoisotopic (exact) mass is 261 g/mol. The molecule has 0 unspecified atom stereocenters. The van der Waals surface area contributed by atoms with Crippen LogP contribution in [0.5, 0.6) is 0 Å². The van der Waals surface area contributed by atoms with Crippen molar-refractivity contribution >= 4 is 13.2 Å². The Hall–Kier alpha value is -1.33. The first kappa shape index (κ1) is 14.1. The van der Waals surface area contributed by atoms with Crippen molar-refractivity contribution in [3.63, 3.8) is 0 Å². The SMILES string of the molecule is Cc1c[nH]c(/C=C/B2OC(C)(C)C(C)(C)O2)cc1=O. The highest BCUT2D eigenvalue weighted by Crippen LogP contribution is 2.36. The molecule has 2 heterocycles. The Morgan fingerprint density at radius 3 is 2.32 bits per heavy atom. The van der Waals surface area contributed by atoms with Crippen molar-refractivity contribution in [3.05, 3.63) is 39.7 Å². The summed E-state index contributed by atoms with van der Waals surface area (Å²) in [5, 5.41) is 0. The van der Waals surface area contributed by atoms with Crippen molar-refractivity contribution in [1.29, 1.82) is 0 Å². The fraction of sp³-hybridized carbons (Fsp3) is 0.500. The highest BCUT2D eigenvalue weighted by molar-refractivity contribution is 6.52. The summed E-state index contributed by atoms with van der Waals surface area (Å²) in [6, 6.07) is 1.57. The molecule has 1 aliphatic heterocycles. The van der Waals surface area contributed by atoms with Crippen LogP contribution < -0.4 is 5.43 Å². The first-order valence-electron chi connectivity index (χ1n) is 6.44. The van der Waals surface area contributed by atoms with Crippen LogP contribution in [0.25, 0.3) is 6.08 Å². The van der Waals surface area contributed by atoms with Crippen molar-refractivity contribution in [1.82, 2.24) is 4.98 Å². The van der Waals surface area contributed by atoms with Crippen LogP contribution in [-0.2, 0) is 9.31 Å². The molecule has 1 N–H and O–H groups in total.